The van der Waals surface area contributed by atoms with Gasteiger partial charge in [0.1, 0.15) is 0 Å². The van der Waals surface area contributed by atoms with Crippen molar-refractivity contribution in [1.29, 1.82) is 0 Å². The number of halogens is 2. The lowest BCUT2D eigenvalue weighted by atomic mass is 9.89. The highest BCUT2D eigenvalue weighted by atomic mass is 19.3. The highest BCUT2D eigenvalue weighted by Crippen LogP contribution is 2.33. The molecule has 12 heteroatoms. The zero-order valence-corrected chi connectivity index (χ0v) is 27.1. The summed E-state index contributed by atoms with van der Waals surface area (Å²) in [6.45, 7) is 2.42. The quantitative estimate of drug-likeness (QED) is 0.197. The number of H-pyrrole nitrogens is 1. The first-order valence-corrected chi connectivity index (χ1v) is 16.4. The first-order valence-electron chi connectivity index (χ1n) is 16.4. The van der Waals surface area contributed by atoms with E-state index in [2.05, 4.69) is 49.7 Å². The number of alkyl halides is 2. The topological polar surface area (TPSA) is 116 Å². The summed E-state index contributed by atoms with van der Waals surface area (Å²) in [5.41, 5.74) is 3.33. The average Bonchev–Trinajstić information content (AvgIpc) is 3.77. The number of aromatic amines is 1. The monoisotopic (exact) mass is 665 g/mol. The number of carbonyl (C=O) groups is 2. The molecule has 4 heterocycles. The summed E-state index contributed by atoms with van der Waals surface area (Å²) in [7, 11) is 1.52. The van der Waals surface area contributed by atoms with Crippen molar-refractivity contribution < 1.29 is 23.1 Å². The number of rotatable bonds is 9. The SMILES string of the molecule is CO[C@@]1(C(=O)Nc2ccc3[nH]nc(-c4cccc(C(F)F)c4)c3c2)CCN(CC(=O)N2CCC(c3ccc(-c4ncccn4)cc3)CC2)C1. The van der Waals surface area contributed by atoms with E-state index < -0.39 is 12.0 Å². The van der Waals surface area contributed by atoms with Crippen LogP contribution in [0.25, 0.3) is 33.5 Å². The van der Waals surface area contributed by atoms with Gasteiger partial charge < -0.3 is 15.0 Å². The number of nitrogens with zero attached hydrogens (tertiary/aromatic N) is 5. The maximum absolute atomic E-state index is 13.7. The number of aromatic nitrogens is 4. The smallest absolute Gasteiger partial charge is 0.263 e. The lowest BCUT2D eigenvalue weighted by molar-refractivity contribution is -0.138. The molecule has 49 heavy (non-hydrogen) atoms. The van der Waals surface area contributed by atoms with E-state index in [1.807, 2.05) is 9.80 Å². The molecule has 0 aliphatic carbocycles. The highest BCUT2D eigenvalue weighted by Gasteiger charge is 2.45. The zero-order chi connectivity index (χ0) is 34.0. The van der Waals surface area contributed by atoms with Crippen molar-refractivity contribution in [2.75, 3.05) is 45.2 Å². The van der Waals surface area contributed by atoms with E-state index in [9.17, 15) is 18.4 Å². The van der Waals surface area contributed by atoms with Crippen LogP contribution >= 0.6 is 0 Å². The molecule has 5 aromatic rings. The van der Waals surface area contributed by atoms with Crippen molar-refractivity contribution in [3.05, 3.63) is 96.3 Å². The summed E-state index contributed by atoms with van der Waals surface area (Å²) < 4.78 is 32.5. The van der Waals surface area contributed by atoms with Gasteiger partial charge in [-0.1, -0.05) is 42.5 Å². The van der Waals surface area contributed by atoms with E-state index in [0.29, 0.717) is 65.6 Å². The van der Waals surface area contributed by atoms with Crippen LogP contribution in [-0.4, -0.2) is 87.2 Å². The van der Waals surface area contributed by atoms with E-state index in [-0.39, 0.29) is 30.5 Å². The van der Waals surface area contributed by atoms with Crippen LogP contribution in [0.3, 0.4) is 0 Å². The Balaban J connectivity index is 0.946. The summed E-state index contributed by atoms with van der Waals surface area (Å²) in [5.74, 6) is 0.830. The van der Waals surface area contributed by atoms with E-state index >= 15 is 0 Å². The fourth-order valence-electron chi connectivity index (χ4n) is 6.92. The van der Waals surface area contributed by atoms with Crippen LogP contribution in [0.2, 0.25) is 0 Å². The van der Waals surface area contributed by atoms with Crippen LogP contribution < -0.4 is 5.32 Å². The predicted octanol–water partition coefficient (Wildman–Crippen LogP) is 6.06. The number of amides is 2. The number of hydrogen-bond acceptors (Lipinski definition) is 7. The van der Waals surface area contributed by atoms with Gasteiger partial charge in [-0.3, -0.25) is 19.6 Å². The molecule has 2 saturated heterocycles. The Labute approximate surface area is 282 Å². The highest BCUT2D eigenvalue weighted by molar-refractivity contribution is 6.01. The molecule has 2 aromatic heterocycles. The van der Waals surface area contributed by atoms with Gasteiger partial charge in [0.15, 0.2) is 11.4 Å². The van der Waals surface area contributed by atoms with E-state index in [1.165, 1.54) is 24.8 Å². The number of fused-ring (bicyclic) bond motifs is 1. The average molecular weight is 666 g/mol. The third-order valence-electron chi connectivity index (χ3n) is 9.76. The number of hydrogen-bond donors (Lipinski definition) is 2. The predicted molar refractivity (Wildman–Crippen MR) is 182 cm³/mol. The normalized spacial score (nSPS) is 18.7. The summed E-state index contributed by atoms with van der Waals surface area (Å²) in [5, 5.41) is 11.0. The number of methoxy groups -OCH3 is 1. The maximum Gasteiger partial charge on any atom is 0.263 e. The Morgan fingerprint density at radius 3 is 2.49 bits per heavy atom. The fourth-order valence-corrected chi connectivity index (χ4v) is 6.92. The number of nitrogens with one attached hydrogen (secondary N) is 2. The molecule has 7 rings (SSSR count). The second-order valence-corrected chi connectivity index (χ2v) is 12.7. The molecule has 0 saturated carbocycles. The molecule has 2 amide bonds. The Kier molecular flexibility index (Phi) is 9.15. The Hall–Kier alpha value is -5.07. The minimum absolute atomic E-state index is 0.0520. The Bertz CT molecular complexity index is 1950. The van der Waals surface area contributed by atoms with Gasteiger partial charge in [0.25, 0.3) is 12.3 Å². The van der Waals surface area contributed by atoms with Gasteiger partial charge in [0, 0.05) is 73.4 Å². The number of ether oxygens (including phenoxy) is 1. The fraction of sp³-hybridized carbons (Fsp3) is 0.324. The Morgan fingerprint density at radius 1 is 0.980 bits per heavy atom. The van der Waals surface area contributed by atoms with Crippen molar-refractivity contribution in [3.8, 4) is 22.6 Å². The van der Waals surface area contributed by atoms with Crippen LogP contribution in [0.5, 0.6) is 0 Å². The van der Waals surface area contributed by atoms with Crippen LogP contribution in [0.4, 0.5) is 14.5 Å². The van der Waals surface area contributed by atoms with Crippen molar-refractivity contribution in [2.24, 2.45) is 0 Å². The number of piperidine rings is 1. The Morgan fingerprint density at radius 2 is 1.76 bits per heavy atom. The molecule has 1 atom stereocenters. The van der Waals surface area contributed by atoms with E-state index in [1.54, 1.807) is 48.8 Å². The second kappa shape index (κ2) is 13.8. The van der Waals surface area contributed by atoms with Gasteiger partial charge in [0.2, 0.25) is 5.91 Å². The molecule has 0 spiro atoms. The van der Waals surface area contributed by atoms with Crippen molar-refractivity contribution in [1.82, 2.24) is 30.0 Å². The molecule has 0 radical (unpaired) electrons. The molecule has 3 aromatic carbocycles. The van der Waals surface area contributed by atoms with E-state index in [0.717, 1.165) is 18.4 Å². The van der Waals surface area contributed by atoms with Crippen molar-refractivity contribution in [3.63, 3.8) is 0 Å². The number of carbonyl (C=O) groups excluding carboxylic acids is 2. The number of benzene rings is 3. The molecule has 252 valence electrons. The second-order valence-electron chi connectivity index (χ2n) is 12.7. The van der Waals surface area contributed by atoms with Gasteiger partial charge in [-0.05, 0) is 61.1 Å². The van der Waals surface area contributed by atoms with E-state index in [4.69, 9.17) is 4.74 Å². The van der Waals surface area contributed by atoms with Crippen LogP contribution in [0.15, 0.2) is 85.2 Å². The molecule has 10 nitrogen and oxygen atoms in total. The zero-order valence-electron chi connectivity index (χ0n) is 27.1. The number of likely N-dealkylation sites (tertiary alicyclic amines) is 2. The summed E-state index contributed by atoms with van der Waals surface area (Å²) in [4.78, 5) is 39.5. The third-order valence-corrected chi connectivity index (χ3v) is 9.76. The standard InChI is InChI=1S/C37H37F2N7O3/c1-49-37(36(48)42-29-10-11-31-30(21-29)33(44-43-31)27-4-2-5-28(20-27)34(38)39)14-19-45(23-37)22-32(47)46-17-12-25(13-18-46)24-6-8-26(9-7-24)35-40-15-3-16-41-35/h2-11,15-16,20-21,25,34H,12-14,17-19,22-23H2,1H3,(H,42,48)(H,43,44)/t37-/m0/s1. The largest absolute Gasteiger partial charge is 0.367 e. The molecular weight excluding hydrogens is 628 g/mol. The lowest BCUT2D eigenvalue weighted by Gasteiger charge is -2.33. The third kappa shape index (κ3) is 6.79. The van der Waals surface area contributed by atoms with Crippen LogP contribution in [0.1, 0.15) is 42.7 Å². The minimum atomic E-state index is -2.59. The first-order chi connectivity index (χ1) is 23.8. The molecule has 2 fully saturated rings. The molecule has 2 aliphatic heterocycles. The summed E-state index contributed by atoms with van der Waals surface area (Å²) in [6, 6.07) is 21.6. The van der Waals surface area contributed by atoms with Gasteiger partial charge >= 0.3 is 0 Å². The number of anilines is 1. The molecule has 0 bridgehead atoms. The van der Waals surface area contributed by atoms with Crippen molar-refractivity contribution in [2.45, 2.75) is 37.2 Å². The lowest BCUT2D eigenvalue weighted by Crippen LogP contribution is -2.48. The summed E-state index contributed by atoms with van der Waals surface area (Å²) >= 11 is 0. The first kappa shape index (κ1) is 32.5. The summed E-state index contributed by atoms with van der Waals surface area (Å²) in [6.07, 6.45) is 3.09. The molecule has 2 aliphatic rings. The minimum Gasteiger partial charge on any atom is -0.367 e. The van der Waals surface area contributed by atoms with Gasteiger partial charge in [-0.2, -0.15) is 5.10 Å². The van der Waals surface area contributed by atoms with Crippen LogP contribution in [0, 0.1) is 0 Å². The maximum atomic E-state index is 13.7. The molecule has 0 unspecified atom stereocenters. The van der Waals surface area contributed by atoms with Crippen LogP contribution in [-0.2, 0) is 14.3 Å². The van der Waals surface area contributed by atoms with Gasteiger partial charge in [-0.25, -0.2) is 18.7 Å². The van der Waals surface area contributed by atoms with Gasteiger partial charge in [-0.15, -0.1) is 0 Å². The molecule has 2 N–H and O–H groups in total. The van der Waals surface area contributed by atoms with Gasteiger partial charge in [0.05, 0.1) is 17.8 Å². The molecular formula is C37H37F2N7O3. The van der Waals surface area contributed by atoms with Crippen molar-refractivity contribution >= 4 is 28.4 Å².